The zero-order valence-electron chi connectivity index (χ0n) is 15.2. The maximum Gasteiger partial charge on any atom is 0.132 e. The van der Waals surface area contributed by atoms with E-state index in [0.29, 0.717) is 23.2 Å². The minimum absolute atomic E-state index is 0.139. The Kier molecular flexibility index (Phi) is 4.51. The molecule has 3 heteroatoms. The molecule has 0 aliphatic heterocycles. The molecule has 4 aromatic rings. The number of benzene rings is 4. The van der Waals surface area contributed by atoms with E-state index in [0.717, 1.165) is 28.0 Å². The Balaban J connectivity index is 2.10. The van der Waals surface area contributed by atoms with Crippen LogP contribution in [0.5, 0.6) is 11.5 Å². The van der Waals surface area contributed by atoms with Crippen LogP contribution < -0.4 is 0 Å². The predicted molar refractivity (Wildman–Crippen MR) is 113 cm³/mol. The predicted octanol–water partition coefficient (Wildman–Crippen LogP) is 5.90. The minimum atomic E-state index is 0.139. The summed E-state index contributed by atoms with van der Waals surface area (Å²) in [4.78, 5) is 4.40. The summed E-state index contributed by atoms with van der Waals surface area (Å²) in [5.74, 6) is 0.289. The van der Waals surface area contributed by atoms with Crippen LogP contribution in [0.1, 0.15) is 18.9 Å². The van der Waals surface area contributed by atoms with Crippen LogP contribution in [0.2, 0.25) is 0 Å². The van der Waals surface area contributed by atoms with E-state index < -0.39 is 0 Å². The summed E-state index contributed by atoms with van der Waals surface area (Å²) in [6.07, 6.45) is 2.67. The smallest absolute Gasteiger partial charge is 0.132 e. The molecule has 0 spiro atoms. The molecule has 4 rings (SSSR count). The molecule has 0 atom stereocenters. The lowest BCUT2D eigenvalue weighted by Gasteiger charge is -2.16. The number of rotatable bonds is 4. The average Bonchev–Trinajstić information content (AvgIpc) is 2.69. The van der Waals surface area contributed by atoms with Gasteiger partial charge in [-0.25, -0.2) is 0 Å². The quantitative estimate of drug-likeness (QED) is 0.448. The van der Waals surface area contributed by atoms with Crippen molar-refractivity contribution in [3.63, 3.8) is 0 Å². The first-order chi connectivity index (χ1) is 13.2. The number of hydrogen-bond acceptors (Lipinski definition) is 3. The minimum Gasteiger partial charge on any atom is -0.507 e. The van der Waals surface area contributed by atoms with Gasteiger partial charge in [0.2, 0.25) is 0 Å². The van der Waals surface area contributed by atoms with Crippen molar-refractivity contribution in [3.05, 3.63) is 72.3 Å². The van der Waals surface area contributed by atoms with Gasteiger partial charge in [-0.05, 0) is 40.1 Å². The van der Waals surface area contributed by atoms with Crippen LogP contribution in [0, 0.1) is 0 Å². The monoisotopic (exact) mass is 355 g/mol. The highest BCUT2D eigenvalue weighted by Crippen LogP contribution is 2.45. The highest BCUT2D eigenvalue weighted by Gasteiger charge is 2.18. The maximum absolute atomic E-state index is 11.1. The van der Waals surface area contributed by atoms with Crippen LogP contribution in [0.3, 0.4) is 0 Å². The van der Waals surface area contributed by atoms with Gasteiger partial charge in [0.25, 0.3) is 0 Å². The van der Waals surface area contributed by atoms with Gasteiger partial charge in [-0.1, -0.05) is 61.5 Å². The van der Waals surface area contributed by atoms with E-state index in [4.69, 9.17) is 0 Å². The Labute approximate surface area is 158 Å². The molecule has 3 nitrogen and oxygen atoms in total. The van der Waals surface area contributed by atoms with Crippen LogP contribution in [-0.2, 0) is 0 Å². The summed E-state index contributed by atoms with van der Waals surface area (Å²) >= 11 is 0. The second kappa shape index (κ2) is 7.12. The molecule has 134 valence electrons. The molecule has 0 aliphatic carbocycles. The molecule has 0 aliphatic rings. The highest BCUT2D eigenvalue weighted by molar-refractivity contribution is 6.12. The lowest BCUT2D eigenvalue weighted by Crippen LogP contribution is -1.92. The lowest BCUT2D eigenvalue weighted by molar-refractivity contribution is 0.470. The van der Waals surface area contributed by atoms with Crippen LogP contribution in [-0.4, -0.2) is 23.0 Å². The van der Waals surface area contributed by atoms with Crippen molar-refractivity contribution in [2.45, 2.75) is 13.3 Å². The summed E-state index contributed by atoms with van der Waals surface area (Å²) < 4.78 is 0. The number of fused-ring (bicyclic) bond motifs is 2. The van der Waals surface area contributed by atoms with Crippen molar-refractivity contribution in [1.82, 2.24) is 0 Å². The Morgan fingerprint density at radius 1 is 0.815 bits per heavy atom. The normalized spacial score (nSPS) is 11.6. The number of aromatic hydroxyl groups is 2. The van der Waals surface area contributed by atoms with Crippen LogP contribution in [0.15, 0.2) is 71.7 Å². The number of nitrogens with zero attached hydrogens (tertiary/aromatic N) is 1. The fourth-order valence-corrected chi connectivity index (χ4v) is 3.52. The molecule has 0 amide bonds. The molecule has 2 N–H and O–H groups in total. The summed E-state index contributed by atoms with van der Waals surface area (Å²) in [7, 11) is 0. The molecule has 0 radical (unpaired) electrons. The fourth-order valence-electron chi connectivity index (χ4n) is 3.52. The van der Waals surface area contributed by atoms with Crippen molar-refractivity contribution in [2.75, 3.05) is 6.54 Å². The van der Waals surface area contributed by atoms with E-state index in [-0.39, 0.29) is 11.5 Å². The molecule has 27 heavy (non-hydrogen) atoms. The zero-order valence-corrected chi connectivity index (χ0v) is 15.2. The van der Waals surface area contributed by atoms with Gasteiger partial charge >= 0.3 is 0 Å². The van der Waals surface area contributed by atoms with Crippen molar-refractivity contribution < 1.29 is 10.2 Å². The third-order valence-electron chi connectivity index (χ3n) is 4.79. The maximum atomic E-state index is 11.1. The number of hydrogen-bond donors (Lipinski definition) is 2. The topological polar surface area (TPSA) is 52.8 Å². The van der Waals surface area contributed by atoms with E-state index in [9.17, 15) is 10.2 Å². The van der Waals surface area contributed by atoms with Gasteiger partial charge < -0.3 is 10.2 Å². The standard InChI is InChI=1S/C24H21NO2/c1-2-13-25-15-18-14-17-8-4-6-10-20(17)23(24(18)27)22-19-9-5-3-7-16(19)11-12-21(22)26/h3-12,14-15,26-27H,2,13H2,1H3. The average molecular weight is 355 g/mol. The van der Waals surface area contributed by atoms with Crippen LogP contribution >= 0.6 is 0 Å². The van der Waals surface area contributed by atoms with Gasteiger partial charge in [0, 0.05) is 29.4 Å². The molecule has 0 fully saturated rings. The second-order valence-electron chi connectivity index (χ2n) is 6.63. The van der Waals surface area contributed by atoms with Crippen LogP contribution in [0.4, 0.5) is 0 Å². The molecular weight excluding hydrogens is 334 g/mol. The Hall–Kier alpha value is -3.33. The van der Waals surface area contributed by atoms with Crippen molar-refractivity contribution >= 4 is 27.8 Å². The molecule has 0 heterocycles. The van der Waals surface area contributed by atoms with Crippen LogP contribution in [0.25, 0.3) is 32.7 Å². The summed E-state index contributed by atoms with van der Waals surface area (Å²) in [6.45, 7) is 2.78. The van der Waals surface area contributed by atoms with E-state index in [1.807, 2.05) is 60.7 Å². The zero-order chi connectivity index (χ0) is 18.8. The van der Waals surface area contributed by atoms with E-state index in [1.54, 1.807) is 12.3 Å². The largest absolute Gasteiger partial charge is 0.507 e. The summed E-state index contributed by atoms with van der Waals surface area (Å²) in [5.41, 5.74) is 1.94. The molecule has 0 unspecified atom stereocenters. The highest BCUT2D eigenvalue weighted by atomic mass is 16.3. The Morgan fingerprint density at radius 2 is 1.48 bits per heavy atom. The van der Waals surface area contributed by atoms with Gasteiger partial charge in [-0.15, -0.1) is 0 Å². The molecule has 0 saturated heterocycles. The molecule has 0 saturated carbocycles. The van der Waals surface area contributed by atoms with Crippen molar-refractivity contribution in [1.29, 1.82) is 0 Å². The SMILES string of the molecule is CCCN=Cc1cc2ccccc2c(-c2c(O)ccc3ccccc23)c1O. The molecule has 0 bridgehead atoms. The van der Waals surface area contributed by atoms with Gasteiger partial charge in [-0.2, -0.15) is 0 Å². The number of aliphatic imine (C=N–C) groups is 1. The second-order valence-corrected chi connectivity index (χ2v) is 6.63. The molecule has 4 aromatic carbocycles. The van der Waals surface area contributed by atoms with Gasteiger partial charge in [0.15, 0.2) is 0 Å². The van der Waals surface area contributed by atoms with Gasteiger partial charge in [-0.3, -0.25) is 4.99 Å². The van der Waals surface area contributed by atoms with Crippen molar-refractivity contribution in [2.24, 2.45) is 4.99 Å². The first-order valence-electron chi connectivity index (χ1n) is 9.16. The number of phenols is 2. The first-order valence-corrected chi connectivity index (χ1v) is 9.16. The van der Waals surface area contributed by atoms with E-state index >= 15 is 0 Å². The summed E-state index contributed by atoms with van der Waals surface area (Å²) in [5, 5.41) is 25.6. The number of phenolic OH excluding ortho intramolecular Hbond substituents is 2. The third kappa shape index (κ3) is 3.02. The van der Waals surface area contributed by atoms with Gasteiger partial charge in [0.1, 0.15) is 11.5 Å². The third-order valence-corrected chi connectivity index (χ3v) is 4.79. The summed E-state index contributed by atoms with van der Waals surface area (Å²) in [6, 6.07) is 21.3. The van der Waals surface area contributed by atoms with Gasteiger partial charge in [0.05, 0.1) is 0 Å². The lowest BCUT2D eigenvalue weighted by atomic mass is 9.90. The Morgan fingerprint density at radius 3 is 2.22 bits per heavy atom. The molecule has 0 aromatic heterocycles. The molecular formula is C24H21NO2. The fraction of sp³-hybridized carbons (Fsp3) is 0.125. The first kappa shape index (κ1) is 17.1. The van der Waals surface area contributed by atoms with Crippen molar-refractivity contribution in [3.8, 4) is 22.6 Å². The Bertz CT molecular complexity index is 1160. The van der Waals surface area contributed by atoms with E-state index in [1.165, 1.54) is 0 Å². The van der Waals surface area contributed by atoms with E-state index in [2.05, 4.69) is 11.9 Å².